The zero-order valence-electron chi connectivity index (χ0n) is 5.06. The van der Waals surface area contributed by atoms with E-state index >= 15 is 0 Å². The van der Waals surface area contributed by atoms with Crippen LogP contribution in [0.1, 0.15) is 0 Å². The molecule has 3 heteroatoms. The molecule has 0 spiro atoms. The van der Waals surface area contributed by atoms with Gasteiger partial charge in [0, 0.05) is 0 Å². The minimum absolute atomic E-state index is 0.975. The molecule has 0 aliphatic rings. The number of rotatable bonds is 1. The van der Waals surface area contributed by atoms with E-state index in [0.717, 1.165) is 10.1 Å². The monoisotopic (exact) mass is 109 g/mol. The molecule has 0 bridgehead atoms. The van der Waals surface area contributed by atoms with Crippen LogP contribution in [0.15, 0.2) is 0 Å². The molecule has 0 fully saturated rings. The van der Waals surface area contributed by atoms with Gasteiger partial charge in [-0.15, -0.1) is 0 Å². The van der Waals surface area contributed by atoms with Crippen LogP contribution in [0, 0.1) is 0 Å². The van der Waals surface area contributed by atoms with E-state index in [4.69, 9.17) is 12.2 Å². The third-order valence-electron chi connectivity index (χ3n) is 0.801. The molecule has 0 aromatic rings. The van der Waals surface area contributed by atoms with Gasteiger partial charge in [0.15, 0.2) is 0 Å². The molecular weight excluding hydrogens is 101 g/mol. The summed E-state index contributed by atoms with van der Waals surface area (Å²) in [6.45, 7) is 0. The van der Waals surface area contributed by atoms with Crippen molar-refractivity contribution in [3.05, 3.63) is 0 Å². The molecule has 0 aromatic heterocycles. The first kappa shape index (κ1) is 7.49. The second-order valence-electron chi connectivity index (χ2n) is 1.64. The Balaban J connectivity index is 3.35. The van der Waals surface area contributed by atoms with Crippen molar-refractivity contribution < 1.29 is 0 Å². The number of nitrogens with zero attached hydrogens (tertiary/aromatic N) is 1. The molecule has 0 radical (unpaired) electrons. The van der Waals surface area contributed by atoms with Gasteiger partial charge in [0.1, 0.15) is 0 Å². The van der Waals surface area contributed by atoms with Gasteiger partial charge in [0.25, 0.3) is 0 Å². The first-order valence-corrected chi connectivity index (χ1v) is 2.79. The summed E-state index contributed by atoms with van der Waals surface area (Å²) in [6, 6.07) is 0. The van der Waals surface area contributed by atoms with E-state index in [1.165, 1.54) is 0 Å². The van der Waals surface area contributed by atoms with Gasteiger partial charge in [-0.3, -0.25) is 0 Å². The van der Waals surface area contributed by atoms with Crippen molar-refractivity contribution in [2.24, 2.45) is 0 Å². The molecule has 0 saturated heterocycles. The molecule has 7 heavy (non-hydrogen) atoms. The molecule has 0 aliphatic carbocycles. The van der Waals surface area contributed by atoms with Gasteiger partial charge in [0.05, 0.1) is 0 Å². The van der Waals surface area contributed by atoms with Gasteiger partial charge < -0.3 is 0 Å². The topological polar surface area (TPSA) is 3.24 Å². The fourth-order valence-electron chi connectivity index (χ4n) is 0.316. The molecule has 0 N–H and O–H groups in total. The molecule has 1 nitrogen and oxygen atoms in total. The van der Waals surface area contributed by atoms with Gasteiger partial charge in [-0.2, -0.15) is 0 Å². The van der Waals surface area contributed by atoms with Crippen LogP contribution in [-0.4, -0.2) is 41.7 Å². The van der Waals surface area contributed by atoms with Crippen LogP contribution in [0.25, 0.3) is 0 Å². The Hall–Kier alpha value is 0.487. The summed E-state index contributed by atoms with van der Waals surface area (Å²) in [6.07, 6.45) is 0. The standard InChI is InChI=1S/C4H8NS.Li/c1-4(6)5(2)3;/h1H2,2-3H3;. The first-order valence-electron chi connectivity index (χ1n) is 2.38. The summed E-state index contributed by atoms with van der Waals surface area (Å²) < 4.78 is 0. The molecule has 0 heterocycles. The van der Waals surface area contributed by atoms with Gasteiger partial charge >= 0.3 is 59.0 Å². The maximum atomic E-state index is 4.91. The molecule has 0 saturated carbocycles. The van der Waals surface area contributed by atoms with Gasteiger partial charge in [-0.25, -0.2) is 0 Å². The normalized spacial score (nSPS) is 8.57. The predicted octanol–water partition coefficient (Wildman–Crippen LogP) is 0.462. The first-order chi connectivity index (χ1) is 3.18. The van der Waals surface area contributed by atoms with E-state index in [2.05, 4.69) is 17.7 Å². The SMILES string of the molecule is [Li][CH2]C(=S)N(C)C. The Morgan fingerprint density at radius 3 is 2.14 bits per heavy atom. The number of hydrogen-bond donors (Lipinski definition) is 0. The zero-order chi connectivity index (χ0) is 5.86. The second-order valence-corrected chi connectivity index (χ2v) is 2.11. The summed E-state index contributed by atoms with van der Waals surface area (Å²) in [5, 5.41) is 0.975. The van der Waals surface area contributed by atoms with Crippen molar-refractivity contribution in [1.82, 2.24) is 4.90 Å². The third kappa shape index (κ3) is 3.10. The molecule has 0 amide bonds. The number of thiocarbonyl (C=S) groups is 1. The molecule has 0 aliphatic heterocycles. The summed E-state index contributed by atoms with van der Waals surface area (Å²) >= 11 is 6.96. The zero-order valence-corrected chi connectivity index (χ0v) is 5.88. The van der Waals surface area contributed by atoms with Crippen LogP contribution >= 0.6 is 12.2 Å². The quantitative estimate of drug-likeness (QED) is 0.355. The fraction of sp³-hybridized carbons (Fsp3) is 0.750. The summed E-state index contributed by atoms with van der Waals surface area (Å²) in [5.41, 5.74) is 0. The summed E-state index contributed by atoms with van der Waals surface area (Å²) in [7, 11) is 3.93. The Kier molecular flexibility index (Phi) is 3.73. The Bertz CT molecular complexity index is 72.1. The summed E-state index contributed by atoms with van der Waals surface area (Å²) in [5.74, 6) is 0. The molecule has 0 rings (SSSR count). The van der Waals surface area contributed by atoms with Crippen molar-refractivity contribution in [2.45, 2.75) is 5.09 Å². The van der Waals surface area contributed by atoms with Gasteiger partial charge in [0.2, 0.25) is 0 Å². The molecule has 0 unspecified atom stereocenters. The maximum absolute atomic E-state index is 4.91. The number of hydrogen-bond acceptors (Lipinski definition) is 1. The second kappa shape index (κ2) is 3.48. The van der Waals surface area contributed by atoms with E-state index < -0.39 is 0 Å². The van der Waals surface area contributed by atoms with Crippen LogP contribution in [0.2, 0.25) is 5.09 Å². The average molecular weight is 109 g/mol. The van der Waals surface area contributed by atoms with Crippen LogP contribution in [0.3, 0.4) is 0 Å². The van der Waals surface area contributed by atoms with E-state index in [9.17, 15) is 0 Å². The van der Waals surface area contributed by atoms with Crippen LogP contribution in [0.5, 0.6) is 0 Å². The average Bonchev–Trinajstić information content (AvgIpc) is 1.65. The van der Waals surface area contributed by atoms with E-state index in [-0.39, 0.29) is 0 Å². The predicted molar refractivity (Wildman–Crippen MR) is 36.8 cm³/mol. The van der Waals surface area contributed by atoms with E-state index in [0.29, 0.717) is 0 Å². The van der Waals surface area contributed by atoms with E-state index in [1.807, 2.05) is 19.0 Å². The Morgan fingerprint density at radius 2 is 2.14 bits per heavy atom. The Labute approximate surface area is 59.3 Å². The van der Waals surface area contributed by atoms with E-state index in [1.54, 1.807) is 0 Å². The molecular formula is C4H8LiNS. The van der Waals surface area contributed by atoms with Crippen molar-refractivity contribution >= 4 is 34.9 Å². The van der Waals surface area contributed by atoms with Crippen molar-refractivity contribution in [3.63, 3.8) is 0 Å². The third-order valence-corrected chi connectivity index (χ3v) is 1.46. The Morgan fingerprint density at radius 1 is 1.71 bits per heavy atom. The summed E-state index contributed by atoms with van der Waals surface area (Å²) in [4.78, 5) is 2.97. The molecule has 0 atom stereocenters. The minimum atomic E-state index is 0.975. The molecule has 36 valence electrons. The van der Waals surface area contributed by atoms with Gasteiger partial charge in [-0.05, 0) is 0 Å². The van der Waals surface area contributed by atoms with Crippen LogP contribution < -0.4 is 0 Å². The van der Waals surface area contributed by atoms with Gasteiger partial charge in [-0.1, -0.05) is 0 Å². The van der Waals surface area contributed by atoms with Crippen LogP contribution in [0.4, 0.5) is 0 Å². The van der Waals surface area contributed by atoms with Crippen molar-refractivity contribution in [2.75, 3.05) is 14.1 Å². The fourth-order valence-corrected chi connectivity index (χ4v) is 0.316. The molecule has 0 aromatic carbocycles. The van der Waals surface area contributed by atoms with Crippen molar-refractivity contribution in [1.29, 1.82) is 0 Å². The van der Waals surface area contributed by atoms with Crippen LogP contribution in [-0.2, 0) is 0 Å². The van der Waals surface area contributed by atoms with Crippen molar-refractivity contribution in [3.8, 4) is 0 Å².